The first-order chi connectivity index (χ1) is 12.0. The molecule has 0 bridgehead atoms. The Morgan fingerprint density at radius 2 is 2.08 bits per heavy atom. The van der Waals surface area contributed by atoms with Crippen LogP contribution >= 0.6 is 0 Å². The van der Waals surface area contributed by atoms with E-state index in [2.05, 4.69) is 22.7 Å². The van der Waals surface area contributed by atoms with Crippen LogP contribution in [0.5, 0.6) is 0 Å². The summed E-state index contributed by atoms with van der Waals surface area (Å²) >= 11 is 0. The Morgan fingerprint density at radius 1 is 1.36 bits per heavy atom. The number of nitrogens with zero attached hydrogens (tertiary/aromatic N) is 2. The van der Waals surface area contributed by atoms with Crippen LogP contribution in [0.1, 0.15) is 36.7 Å². The highest BCUT2D eigenvalue weighted by molar-refractivity contribution is 5.79. The van der Waals surface area contributed by atoms with E-state index in [9.17, 15) is 9.18 Å². The Balaban J connectivity index is 1.74. The summed E-state index contributed by atoms with van der Waals surface area (Å²) in [4.78, 5) is 12.5. The number of carbonyl (C=O) groups is 1. The molecular formula is C19H25FN4O. The average Bonchev–Trinajstić information content (AvgIpc) is 2.86. The molecule has 1 amide bonds. The molecule has 1 aromatic carbocycles. The van der Waals surface area contributed by atoms with Crippen LogP contribution in [0.25, 0.3) is 5.69 Å². The number of aryl methyl sites for hydroxylation is 1. The quantitative estimate of drug-likeness (QED) is 0.896. The fourth-order valence-electron chi connectivity index (χ4n) is 3.42. The highest BCUT2D eigenvalue weighted by atomic mass is 19.1. The Kier molecular flexibility index (Phi) is 5.18. The second-order valence-electron chi connectivity index (χ2n) is 6.77. The number of hydrogen-bond acceptors (Lipinski definition) is 3. The lowest BCUT2D eigenvalue weighted by molar-refractivity contribution is -0.121. The zero-order valence-corrected chi connectivity index (χ0v) is 15.0. The predicted molar refractivity (Wildman–Crippen MR) is 95.3 cm³/mol. The number of piperidine rings is 1. The second kappa shape index (κ2) is 7.35. The molecule has 2 atom stereocenters. The summed E-state index contributed by atoms with van der Waals surface area (Å²) in [7, 11) is 0. The van der Waals surface area contributed by atoms with E-state index in [-0.39, 0.29) is 17.8 Å². The van der Waals surface area contributed by atoms with E-state index in [0.29, 0.717) is 12.5 Å². The molecule has 5 nitrogen and oxygen atoms in total. The molecule has 1 fully saturated rings. The number of halogens is 1. The minimum absolute atomic E-state index is 0.0189. The van der Waals surface area contributed by atoms with Gasteiger partial charge in [0.2, 0.25) is 5.91 Å². The molecule has 0 saturated carbocycles. The Bertz CT molecular complexity index is 754. The molecule has 2 N–H and O–H groups in total. The Hall–Kier alpha value is -2.21. The van der Waals surface area contributed by atoms with E-state index < -0.39 is 0 Å². The molecule has 1 aliphatic heterocycles. The Morgan fingerprint density at radius 3 is 2.76 bits per heavy atom. The van der Waals surface area contributed by atoms with Gasteiger partial charge >= 0.3 is 0 Å². The van der Waals surface area contributed by atoms with Crippen molar-refractivity contribution in [1.82, 2.24) is 20.4 Å². The molecule has 1 aliphatic rings. The van der Waals surface area contributed by atoms with Crippen molar-refractivity contribution < 1.29 is 9.18 Å². The first-order valence-corrected chi connectivity index (χ1v) is 8.79. The van der Waals surface area contributed by atoms with E-state index in [0.717, 1.165) is 42.0 Å². The summed E-state index contributed by atoms with van der Waals surface area (Å²) < 4.78 is 14.9. The molecule has 1 saturated heterocycles. The summed E-state index contributed by atoms with van der Waals surface area (Å²) in [6, 6.07) is 6.67. The third kappa shape index (κ3) is 3.90. The number of rotatable bonds is 4. The van der Waals surface area contributed by atoms with Crippen molar-refractivity contribution in [2.24, 2.45) is 0 Å². The third-order valence-electron chi connectivity index (χ3n) is 4.96. The van der Waals surface area contributed by atoms with Crippen LogP contribution in [0, 0.1) is 19.7 Å². The van der Waals surface area contributed by atoms with Crippen LogP contribution in [-0.2, 0) is 11.2 Å². The van der Waals surface area contributed by atoms with Gasteiger partial charge in [-0.05, 0) is 64.4 Å². The highest BCUT2D eigenvalue weighted by Crippen LogP contribution is 2.19. The van der Waals surface area contributed by atoms with Gasteiger partial charge in [-0.3, -0.25) is 4.79 Å². The smallest absolute Gasteiger partial charge is 0.224 e. The number of hydrogen-bond donors (Lipinski definition) is 2. The van der Waals surface area contributed by atoms with Crippen molar-refractivity contribution in [3.63, 3.8) is 0 Å². The average molecular weight is 344 g/mol. The van der Waals surface area contributed by atoms with Gasteiger partial charge in [-0.25, -0.2) is 9.07 Å². The van der Waals surface area contributed by atoms with Crippen molar-refractivity contribution in [2.45, 2.75) is 52.1 Å². The van der Waals surface area contributed by atoms with E-state index in [1.165, 1.54) is 12.1 Å². The topological polar surface area (TPSA) is 59.0 Å². The highest BCUT2D eigenvalue weighted by Gasteiger charge is 2.23. The molecular weight excluding hydrogens is 319 g/mol. The molecule has 0 aliphatic carbocycles. The minimum atomic E-state index is -0.278. The zero-order valence-electron chi connectivity index (χ0n) is 15.0. The van der Waals surface area contributed by atoms with Gasteiger partial charge in [-0.2, -0.15) is 5.10 Å². The number of aromatic nitrogens is 2. The first-order valence-electron chi connectivity index (χ1n) is 8.79. The maximum Gasteiger partial charge on any atom is 0.224 e. The van der Waals surface area contributed by atoms with Gasteiger partial charge in [0.25, 0.3) is 0 Å². The van der Waals surface area contributed by atoms with Crippen molar-refractivity contribution in [2.75, 3.05) is 6.54 Å². The van der Waals surface area contributed by atoms with Gasteiger partial charge in [0.15, 0.2) is 0 Å². The van der Waals surface area contributed by atoms with Crippen LogP contribution in [0.15, 0.2) is 24.3 Å². The van der Waals surface area contributed by atoms with E-state index >= 15 is 0 Å². The lowest BCUT2D eigenvalue weighted by Gasteiger charge is -2.30. The summed E-state index contributed by atoms with van der Waals surface area (Å²) in [5, 5.41) is 11.1. The summed E-state index contributed by atoms with van der Waals surface area (Å²) in [6.45, 7) is 6.96. The summed E-state index contributed by atoms with van der Waals surface area (Å²) in [5.74, 6) is -0.259. The predicted octanol–water partition coefficient (Wildman–Crippen LogP) is 2.43. The monoisotopic (exact) mass is 344 g/mol. The molecule has 2 unspecified atom stereocenters. The van der Waals surface area contributed by atoms with E-state index in [1.807, 2.05) is 13.8 Å². The van der Waals surface area contributed by atoms with E-state index in [4.69, 9.17) is 0 Å². The first kappa shape index (κ1) is 17.6. The number of nitrogens with one attached hydrogen (secondary N) is 2. The van der Waals surface area contributed by atoms with Crippen molar-refractivity contribution in [1.29, 1.82) is 0 Å². The lowest BCUT2D eigenvalue weighted by Crippen LogP contribution is -2.52. The fourth-order valence-corrected chi connectivity index (χ4v) is 3.42. The summed E-state index contributed by atoms with van der Waals surface area (Å²) in [6.07, 6.45) is 2.39. The van der Waals surface area contributed by atoms with Gasteiger partial charge in [0, 0.05) is 23.3 Å². The number of amides is 1. The van der Waals surface area contributed by atoms with Gasteiger partial charge in [0.05, 0.1) is 17.8 Å². The third-order valence-corrected chi connectivity index (χ3v) is 4.96. The zero-order chi connectivity index (χ0) is 18.0. The summed E-state index contributed by atoms with van der Waals surface area (Å²) in [5.41, 5.74) is 3.46. The molecule has 3 rings (SSSR count). The van der Waals surface area contributed by atoms with Gasteiger partial charge in [-0.15, -0.1) is 0 Å². The molecule has 2 heterocycles. The van der Waals surface area contributed by atoms with Crippen molar-refractivity contribution in [3.8, 4) is 5.69 Å². The molecule has 134 valence electrons. The molecule has 2 aromatic rings. The Labute approximate surface area is 147 Å². The van der Waals surface area contributed by atoms with Gasteiger partial charge in [-0.1, -0.05) is 0 Å². The molecule has 6 heteroatoms. The fraction of sp³-hybridized carbons (Fsp3) is 0.474. The van der Waals surface area contributed by atoms with Crippen molar-refractivity contribution in [3.05, 3.63) is 47.0 Å². The maximum atomic E-state index is 13.1. The second-order valence-corrected chi connectivity index (χ2v) is 6.77. The van der Waals surface area contributed by atoms with E-state index in [1.54, 1.807) is 16.8 Å². The molecule has 1 aromatic heterocycles. The minimum Gasteiger partial charge on any atom is -0.352 e. The van der Waals surface area contributed by atoms with Crippen molar-refractivity contribution >= 4 is 5.91 Å². The van der Waals surface area contributed by atoms with Crippen LogP contribution in [0.4, 0.5) is 4.39 Å². The largest absolute Gasteiger partial charge is 0.352 e. The normalized spacial score (nSPS) is 20.5. The molecule has 0 spiro atoms. The standard InChI is InChI=1S/C19H25FN4O/c1-12-17(11-19(25)22-18-5-4-10-21-13(18)2)14(3)24(23-12)16-8-6-15(20)7-9-16/h6-9,13,18,21H,4-5,10-11H2,1-3H3,(H,22,25). The molecule has 25 heavy (non-hydrogen) atoms. The van der Waals surface area contributed by atoms with Crippen LogP contribution in [0.3, 0.4) is 0 Å². The maximum absolute atomic E-state index is 13.1. The van der Waals surface area contributed by atoms with Crippen LogP contribution in [-0.4, -0.2) is 34.3 Å². The van der Waals surface area contributed by atoms with Gasteiger partial charge in [0.1, 0.15) is 5.82 Å². The number of benzene rings is 1. The van der Waals surface area contributed by atoms with Gasteiger partial charge < -0.3 is 10.6 Å². The lowest BCUT2D eigenvalue weighted by atomic mass is 9.99. The van der Waals surface area contributed by atoms with Crippen LogP contribution < -0.4 is 10.6 Å². The number of carbonyl (C=O) groups excluding carboxylic acids is 1. The van der Waals surface area contributed by atoms with Crippen LogP contribution in [0.2, 0.25) is 0 Å². The molecule has 0 radical (unpaired) electrons. The SMILES string of the molecule is Cc1nn(-c2ccc(F)cc2)c(C)c1CC(=O)NC1CCCNC1C.